The molecular formula is C6H9Al2F3O6. The van der Waals surface area contributed by atoms with Crippen LogP contribution in [0, 0.1) is 0 Å². The minimum Gasteiger partial charge on any atom is -1.00 e. The molecule has 0 aliphatic heterocycles. The van der Waals surface area contributed by atoms with Gasteiger partial charge in [0.15, 0.2) is 0 Å². The Morgan fingerprint density at radius 1 is 0.588 bits per heavy atom. The molecule has 0 radical (unpaired) electrons. The van der Waals surface area contributed by atoms with E-state index < -0.39 is 17.9 Å². The fraction of sp³-hybridized carbons (Fsp3) is 0.500. The molecule has 0 aromatic heterocycles. The molecule has 0 unspecified atom stereocenters. The molecule has 0 rings (SSSR count). The Hall–Kier alpha value is -0.735. The average Bonchev–Trinajstić information content (AvgIpc) is 1.54. The molecule has 0 amide bonds. The summed E-state index contributed by atoms with van der Waals surface area (Å²) in [6.07, 6.45) is 0. The molecule has 0 aromatic rings. The molecule has 96 valence electrons. The van der Waals surface area contributed by atoms with Gasteiger partial charge in [0, 0.05) is 17.9 Å². The third-order valence-corrected chi connectivity index (χ3v) is 0. The summed E-state index contributed by atoms with van der Waals surface area (Å²) in [4.78, 5) is 26.7. The topological polar surface area (TPSA) is 120 Å². The number of aliphatic carboxylic acids is 3. The molecule has 0 aliphatic carbocycles. The van der Waals surface area contributed by atoms with E-state index in [-0.39, 0.29) is 48.8 Å². The summed E-state index contributed by atoms with van der Waals surface area (Å²) >= 11 is 0. The molecule has 0 spiro atoms. The third-order valence-electron chi connectivity index (χ3n) is 0. The van der Waals surface area contributed by atoms with Crippen molar-refractivity contribution in [1.29, 1.82) is 0 Å². The van der Waals surface area contributed by atoms with Gasteiger partial charge in [-0.25, -0.2) is 0 Å². The van der Waals surface area contributed by atoms with Crippen LogP contribution < -0.4 is 29.4 Å². The molecule has 0 fully saturated rings. The number of carbonyl (C=O) groups is 3. The van der Waals surface area contributed by atoms with Crippen LogP contribution in [0.25, 0.3) is 0 Å². The summed E-state index contributed by atoms with van der Waals surface area (Å²) in [6.45, 7) is 2.92. The van der Waals surface area contributed by atoms with Crippen molar-refractivity contribution in [2.24, 2.45) is 0 Å². The van der Waals surface area contributed by atoms with Gasteiger partial charge in [0.2, 0.25) is 0 Å². The fourth-order valence-electron chi connectivity index (χ4n) is 0. The summed E-state index contributed by atoms with van der Waals surface area (Å²) in [6, 6.07) is 0. The quantitative estimate of drug-likeness (QED) is 0.408. The second-order valence-corrected chi connectivity index (χ2v) is 1.47. The monoisotopic (exact) mass is 288 g/mol. The van der Waals surface area contributed by atoms with Gasteiger partial charge in [-0.15, -0.1) is 0 Å². The summed E-state index contributed by atoms with van der Waals surface area (Å²) in [5.74, 6) is -3.25. The molecule has 0 aromatic carbocycles. The van der Waals surface area contributed by atoms with E-state index in [0.717, 1.165) is 20.8 Å². The van der Waals surface area contributed by atoms with Gasteiger partial charge in [-0.05, 0) is 20.8 Å². The zero-order chi connectivity index (χ0) is 10.7. The van der Waals surface area contributed by atoms with Gasteiger partial charge < -0.3 is 43.8 Å². The summed E-state index contributed by atoms with van der Waals surface area (Å²) in [7, 11) is 0. The Balaban J connectivity index is -0.0000000104. The van der Waals surface area contributed by atoms with Crippen molar-refractivity contribution < 1.29 is 43.8 Å². The molecule has 17 heavy (non-hydrogen) atoms. The van der Waals surface area contributed by atoms with Gasteiger partial charge in [-0.2, -0.15) is 0 Å². The molecule has 0 heterocycles. The number of carbonyl (C=O) groups excluding carboxylic acids is 3. The predicted molar refractivity (Wildman–Crippen MR) is 43.6 cm³/mol. The number of hydrogen-bond donors (Lipinski definition) is 0. The van der Waals surface area contributed by atoms with Crippen LogP contribution in [0.4, 0.5) is 0 Å². The van der Waals surface area contributed by atoms with E-state index in [1.165, 1.54) is 0 Å². The second kappa shape index (κ2) is 45.5. The normalized spacial score (nSPS) is 4.41. The van der Waals surface area contributed by atoms with Crippen molar-refractivity contribution in [3.05, 3.63) is 0 Å². The van der Waals surface area contributed by atoms with Crippen LogP contribution in [0.2, 0.25) is 0 Å². The predicted octanol–water partition coefficient (Wildman–Crippen LogP) is -13.5. The van der Waals surface area contributed by atoms with Gasteiger partial charge >= 0.3 is 34.7 Å². The second-order valence-electron chi connectivity index (χ2n) is 1.47. The van der Waals surface area contributed by atoms with Crippen molar-refractivity contribution >= 4 is 52.6 Å². The Labute approximate surface area is 117 Å². The minimum atomic E-state index is -1.08. The van der Waals surface area contributed by atoms with Crippen molar-refractivity contribution in [2.45, 2.75) is 20.8 Å². The first kappa shape index (κ1) is 55.5. The number of rotatable bonds is 0. The van der Waals surface area contributed by atoms with Crippen LogP contribution in [0.15, 0.2) is 0 Å². The van der Waals surface area contributed by atoms with Crippen molar-refractivity contribution in [3.8, 4) is 0 Å². The van der Waals surface area contributed by atoms with Crippen LogP contribution in [0.3, 0.4) is 0 Å². The van der Waals surface area contributed by atoms with Gasteiger partial charge in [-0.3, -0.25) is 0 Å². The van der Waals surface area contributed by atoms with Crippen LogP contribution >= 0.6 is 0 Å². The molecule has 6 nitrogen and oxygen atoms in total. The molecular weight excluding hydrogens is 279 g/mol. The smallest absolute Gasteiger partial charge is 1.00 e. The molecule has 0 saturated heterocycles. The maximum Gasteiger partial charge on any atom is 3.00 e. The minimum absolute atomic E-state index is 0. The molecule has 0 aliphatic rings. The standard InChI is InChI=1S/3C2H4O2.2Al.3FH/c3*1-2(3)4;;;;;/h3*1H3,(H,3,4);;;3*1H/q;;;2*+3;;;/p-6. The maximum atomic E-state index is 8.89. The molecule has 0 N–H and O–H groups in total. The fourth-order valence-corrected chi connectivity index (χ4v) is 0. The average molecular weight is 288 g/mol. The van der Waals surface area contributed by atoms with Gasteiger partial charge in [-0.1, -0.05) is 0 Å². The first-order valence-electron chi connectivity index (χ1n) is 2.72. The third kappa shape index (κ3) is 4970. The van der Waals surface area contributed by atoms with E-state index in [9.17, 15) is 0 Å². The number of hydrogen-bond acceptors (Lipinski definition) is 6. The molecule has 11 heteroatoms. The molecule has 0 bridgehead atoms. The molecule has 0 saturated carbocycles. The van der Waals surface area contributed by atoms with Crippen molar-refractivity contribution in [2.75, 3.05) is 0 Å². The first-order valence-corrected chi connectivity index (χ1v) is 2.72. The largest absolute Gasteiger partial charge is 3.00 e. The maximum absolute atomic E-state index is 8.89. The van der Waals surface area contributed by atoms with E-state index in [0.29, 0.717) is 0 Å². The summed E-state index contributed by atoms with van der Waals surface area (Å²) < 4.78 is 0. The van der Waals surface area contributed by atoms with Crippen LogP contribution in [0.1, 0.15) is 20.8 Å². The zero-order valence-electron chi connectivity index (χ0n) is 9.24. The van der Waals surface area contributed by atoms with Gasteiger partial charge in [0.25, 0.3) is 0 Å². The Bertz CT molecular complexity index is 129. The number of carboxylic acids is 3. The van der Waals surface area contributed by atoms with E-state index in [4.69, 9.17) is 29.7 Å². The van der Waals surface area contributed by atoms with Crippen LogP contribution in [-0.2, 0) is 14.4 Å². The zero-order valence-corrected chi connectivity index (χ0v) is 11.5. The SMILES string of the molecule is CC(=O)[O-].CC(=O)[O-].CC(=O)[O-].[Al+3].[Al+3].[F-].[F-].[F-]. The van der Waals surface area contributed by atoms with Crippen LogP contribution in [-0.4, -0.2) is 52.6 Å². The van der Waals surface area contributed by atoms with Gasteiger partial charge in [0.05, 0.1) is 0 Å². The first-order chi connectivity index (χ1) is 5.20. The van der Waals surface area contributed by atoms with Gasteiger partial charge in [0.1, 0.15) is 0 Å². The number of carboxylic acid groups (broad SMARTS) is 3. The molecule has 0 atom stereocenters. The Morgan fingerprint density at radius 3 is 0.588 bits per heavy atom. The van der Waals surface area contributed by atoms with E-state index >= 15 is 0 Å². The van der Waals surface area contributed by atoms with E-state index in [2.05, 4.69) is 0 Å². The Morgan fingerprint density at radius 2 is 0.588 bits per heavy atom. The van der Waals surface area contributed by atoms with E-state index in [1.54, 1.807) is 0 Å². The Kier molecular flexibility index (Phi) is 148. The summed E-state index contributed by atoms with van der Waals surface area (Å²) in [5, 5.41) is 26.7. The van der Waals surface area contributed by atoms with Crippen molar-refractivity contribution in [3.63, 3.8) is 0 Å². The van der Waals surface area contributed by atoms with Crippen LogP contribution in [0.5, 0.6) is 0 Å². The van der Waals surface area contributed by atoms with Crippen molar-refractivity contribution in [1.82, 2.24) is 0 Å². The number of halogens is 3. The summed E-state index contributed by atoms with van der Waals surface area (Å²) in [5.41, 5.74) is 0. The van der Waals surface area contributed by atoms with E-state index in [1.807, 2.05) is 0 Å².